The number of benzene rings is 3. The van der Waals surface area contributed by atoms with Gasteiger partial charge in [-0.25, -0.2) is 0 Å². The van der Waals surface area contributed by atoms with Gasteiger partial charge in [-0.2, -0.15) is 0 Å². The van der Waals surface area contributed by atoms with Crippen molar-refractivity contribution in [3.63, 3.8) is 0 Å². The van der Waals surface area contributed by atoms with Gasteiger partial charge in [-0.15, -0.1) is 0 Å². The highest BCUT2D eigenvalue weighted by atomic mass is 35.5. The summed E-state index contributed by atoms with van der Waals surface area (Å²) in [5.41, 5.74) is 5.42. The molecule has 0 aromatic heterocycles. The lowest BCUT2D eigenvalue weighted by atomic mass is 10.0. The molecule has 0 spiro atoms. The fraction of sp³-hybridized carbons (Fsp3) is 0.240. The molecule has 0 N–H and O–H groups in total. The lowest BCUT2D eigenvalue weighted by molar-refractivity contribution is 0.340. The first-order valence-electron chi connectivity index (χ1n) is 9.99. The number of hydrogen-bond acceptors (Lipinski definition) is 3. The molecule has 0 radical (unpaired) electrons. The Morgan fingerprint density at radius 3 is 2.38 bits per heavy atom. The van der Waals surface area contributed by atoms with Crippen LogP contribution in [0.1, 0.15) is 36.7 Å². The average molecular weight is 405 g/mol. The Bertz CT molecular complexity index is 1010. The van der Waals surface area contributed by atoms with Gasteiger partial charge >= 0.3 is 0 Å². The van der Waals surface area contributed by atoms with Crippen molar-refractivity contribution in [2.45, 2.75) is 33.0 Å². The molecule has 2 unspecified atom stereocenters. The summed E-state index contributed by atoms with van der Waals surface area (Å²) in [5, 5.41) is 0.746. The molecule has 0 saturated carbocycles. The van der Waals surface area contributed by atoms with E-state index in [1.165, 1.54) is 0 Å². The molecule has 0 fully saturated rings. The molecule has 1 aliphatic heterocycles. The minimum atomic E-state index is -0.100. The van der Waals surface area contributed by atoms with E-state index < -0.39 is 0 Å². The number of hydrogen-bond donors (Lipinski definition) is 0. The fourth-order valence-corrected chi connectivity index (χ4v) is 4.21. The van der Waals surface area contributed by atoms with E-state index in [-0.39, 0.29) is 12.2 Å². The molecule has 3 nitrogen and oxygen atoms in total. The second-order valence-electron chi connectivity index (χ2n) is 7.29. The van der Waals surface area contributed by atoms with Crippen molar-refractivity contribution in [2.24, 2.45) is 4.99 Å². The largest absolute Gasteiger partial charge is 0.494 e. The first kappa shape index (κ1) is 19.5. The van der Waals surface area contributed by atoms with E-state index in [0.717, 1.165) is 38.9 Å². The summed E-state index contributed by atoms with van der Waals surface area (Å²) in [5.74, 6) is 0.877. The van der Waals surface area contributed by atoms with E-state index in [4.69, 9.17) is 21.3 Å². The van der Waals surface area contributed by atoms with Crippen molar-refractivity contribution in [3.8, 4) is 5.75 Å². The average Bonchev–Trinajstić information content (AvgIpc) is 3.07. The molecule has 4 heteroatoms. The number of nitrogens with zero attached hydrogens (tertiary/aromatic N) is 2. The van der Waals surface area contributed by atoms with E-state index in [1.54, 1.807) is 0 Å². The monoisotopic (exact) mass is 404 g/mol. The molecular weight excluding hydrogens is 380 g/mol. The summed E-state index contributed by atoms with van der Waals surface area (Å²) >= 11 is 6.60. The van der Waals surface area contributed by atoms with Crippen LogP contribution in [-0.4, -0.2) is 18.4 Å². The summed E-state index contributed by atoms with van der Waals surface area (Å²) in [6.45, 7) is 6.89. The highest BCUT2D eigenvalue weighted by Gasteiger charge is 2.35. The Hall–Kier alpha value is -2.78. The van der Waals surface area contributed by atoms with Crippen LogP contribution in [0.4, 0.5) is 5.69 Å². The predicted octanol–water partition coefficient (Wildman–Crippen LogP) is 6.44. The Kier molecular flexibility index (Phi) is 5.59. The topological polar surface area (TPSA) is 24.8 Å². The molecule has 3 aromatic rings. The second-order valence-corrected chi connectivity index (χ2v) is 7.70. The number of aryl methyl sites for hydroxylation is 1. The molecule has 29 heavy (non-hydrogen) atoms. The third-order valence-electron chi connectivity index (χ3n) is 5.28. The Morgan fingerprint density at radius 2 is 1.72 bits per heavy atom. The number of aliphatic imine (C=N–C) groups is 1. The zero-order chi connectivity index (χ0) is 20.4. The van der Waals surface area contributed by atoms with Gasteiger partial charge in [0.2, 0.25) is 0 Å². The van der Waals surface area contributed by atoms with Crippen LogP contribution < -0.4 is 9.64 Å². The second kappa shape index (κ2) is 8.30. The Morgan fingerprint density at radius 1 is 1.00 bits per heavy atom. The first-order valence-corrected chi connectivity index (χ1v) is 10.4. The summed E-state index contributed by atoms with van der Waals surface area (Å²) in [6, 6.07) is 24.9. The summed E-state index contributed by atoms with van der Waals surface area (Å²) in [4.78, 5) is 7.49. The SMILES string of the molecule is CCOc1ccc(N2C(C)C(c3ccc(C)cc3Cl)=NC2c2ccccc2)cc1. The molecule has 148 valence electrons. The molecule has 0 saturated heterocycles. The number of ether oxygens (including phenoxy) is 1. The van der Waals surface area contributed by atoms with Crippen LogP contribution in [0.3, 0.4) is 0 Å². The van der Waals surface area contributed by atoms with Crippen molar-refractivity contribution in [2.75, 3.05) is 11.5 Å². The van der Waals surface area contributed by atoms with Crippen molar-refractivity contribution in [3.05, 3.63) is 94.5 Å². The number of halogens is 1. The van der Waals surface area contributed by atoms with Gasteiger partial charge in [0.25, 0.3) is 0 Å². The summed E-state index contributed by atoms with van der Waals surface area (Å²) in [7, 11) is 0. The standard InChI is InChI=1S/C25H25ClN2O/c1-4-29-21-13-11-20(12-14-21)28-18(3)24(22-15-10-17(2)16-23(22)26)27-25(28)19-8-6-5-7-9-19/h5-16,18,25H,4H2,1-3H3. The lowest BCUT2D eigenvalue weighted by Crippen LogP contribution is -2.35. The van der Waals surface area contributed by atoms with Crippen LogP contribution in [0.2, 0.25) is 5.02 Å². The quantitative estimate of drug-likeness (QED) is 0.488. The molecule has 2 atom stereocenters. The molecule has 4 rings (SSSR count). The molecule has 1 aliphatic rings. The van der Waals surface area contributed by atoms with Crippen LogP contribution in [0.25, 0.3) is 0 Å². The van der Waals surface area contributed by atoms with Crippen LogP contribution in [-0.2, 0) is 0 Å². The maximum Gasteiger partial charge on any atom is 0.148 e. The van der Waals surface area contributed by atoms with Crippen molar-refractivity contribution in [1.29, 1.82) is 0 Å². The number of anilines is 1. The van der Waals surface area contributed by atoms with Gasteiger partial charge in [-0.1, -0.05) is 54.1 Å². The van der Waals surface area contributed by atoms with E-state index in [0.29, 0.717) is 6.61 Å². The third kappa shape index (κ3) is 3.88. The smallest absolute Gasteiger partial charge is 0.148 e. The molecule has 0 bridgehead atoms. The van der Waals surface area contributed by atoms with E-state index >= 15 is 0 Å². The summed E-state index contributed by atoms with van der Waals surface area (Å²) < 4.78 is 5.61. The van der Waals surface area contributed by atoms with Crippen LogP contribution in [0.15, 0.2) is 77.8 Å². The molecule has 0 amide bonds. The zero-order valence-corrected chi connectivity index (χ0v) is 17.7. The van der Waals surface area contributed by atoms with Gasteiger partial charge < -0.3 is 9.64 Å². The van der Waals surface area contributed by atoms with E-state index in [2.05, 4.69) is 67.3 Å². The molecule has 0 aliphatic carbocycles. The van der Waals surface area contributed by atoms with E-state index in [1.807, 2.05) is 31.2 Å². The minimum absolute atomic E-state index is 0.0818. The van der Waals surface area contributed by atoms with Crippen molar-refractivity contribution >= 4 is 23.0 Å². The number of rotatable bonds is 5. The van der Waals surface area contributed by atoms with Gasteiger partial charge in [0.05, 0.1) is 18.4 Å². The molecular formula is C25H25ClN2O. The van der Waals surface area contributed by atoms with Crippen molar-refractivity contribution in [1.82, 2.24) is 0 Å². The van der Waals surface area contributed by atoms with Crippen molar-refractivity contribution < 1.29 is 4.74 Å². The predicted molar refractivity (Wildman–Crippen MR) is 121 cm³/mol. The minimum Gasteiger partial charge on any atom is -0.494 e. The Balaban J connectivity index is 1.77. The van der Waals surface area contributed by atoms with Gasteiger partial charge in [0.1, 0.15) is 11.9 Å². The zero-order valence-electron chi connectivity index (χ0n) is 17.0. The first-order chi connectivity index (χ1) is 14.1. The maximum absolute atomic E-state index is 6.60. The third-order valence-corrected chi connectivity index (χ3v) is 5.59. The Labute approximate surface area is 177 Å². The highest BCUT2D eigenvalue weighted by molar-refractivity contribution is 6.34. The van der Waals surface area contributed by atoms with Gasteiger partial charge in [-0.05, 0) is 62.2 Å². The highest BCUT2D eigenvalue weighted by Crippen LogP contribution is 2.38. The van der Waals surface area contributed by atoms with Gasteiger partial charge in [-0.3, -0.25) is 4.99 Å². The normalized spacial score (nSPS) is 18.6. The van der Waals surface area contributed by atoms with Gasteiger partial charge in [0, 0.05) is 16.3 Å². The van der Waals surface area contributed by atoms with Crippen LogP contribution >= 0.6 is 11.6 Å². The molecule has 1 heterocycles. The van der Waals surface area contributed by atoms with Crippen LogP contribution in [0.5, 0.6) is 5.75 Å². The summed E-state index contributed by atoms with van der Waals surface area (Å²) in [6.07, 6.45) is -0.100. The van der Waals surface area contributed by atoms with Crippen LogP contribution in [0, 0.1) is 6.92 Å². The van der Waals surface area contributed by atoms with Gasteiger partial charge in [0.15, 0.2) is 0 Å². The maximum atomic E-state index is 6.60. The fourth-order valence-electron chi connectivity index (χ4n) is 3.87. The van der Waals surface area contributed by atoms with E-state index in [9.17, 15) is 0 Å². The molecule has 3 aromatic carbocycles. The lowest BCUT2D eigenvalue weighted by Gasteiger charge is -2.30.